The lowest BCUT2D eigenvalue weighted by Crippen LogP contribution is -2.04. The summed E-state index contributed by atoms with van der Waals surface area (Å²) < 4.78 is 11.5. The Hall–Kier alpha value is -7.93. The molecule has 0 saturated heterocycles. The van der Waals surface area contributed by atoms with Crippen molar-refractivity contribution in [1.29, 1.82) is 0 Å². The highest BCUT2D eigenvalue weighted by Gasteiger charge is 2.23. The number of thiophene rings is 1. The monoisotopic (exact) mass is 796 g/mol. The van der Waals surface area contributed by atoms with Gasteiger partial charge in [-0.1, -0.05) is 127 Å². The highest BCUT2D eigenvalue weighted by atomic mass is 32.1. The minimum Gasteiger partial charge on any atom is -0.456 e. The number of furan rings is 1. The summed E-state index contributed by atoms with van der Waals surface area (Å²) in [5, 5.41) is 9.18. The van der Waals surface area contributed by atoms with Gasteiger partial charge in [0.1, 0.15) is 11.2 Å². The molecule has 0 bridgehead atoms. The van der Waals surface area contributed by atoms with Gasteiger partial charge in [-0.3, -0.25) is 0 Å². The van der Waals surface area contributed by atoms with Crippen molar-refractivity contribution in [3.63, 3.8) is 0 Å². The van der Waals surface area contributed by atoms with Crippen LogP contribution in [0, 0.1) is 0 Å². The van der Waals surface area contributed by atoms with E-state index < -0.39 is 0 Å². The Bertz CT molecular complexity index is 3900. The molecule has 0 fully saturated rings. The molecule has 9 aromatic carbocycles. The van der Waals surface area contributed by atoms with Crippen molar-refractivity contribution in [3.8, 4) is 51.0 Å². The first-order valence-corrected chi connectivity index (χ1v) is 21.2. The second-order valence-electron chi connectivity index (χ2n) is 15.6. The predicted octanol–water partition coefficient (Wildman–Crippen LogP) is 15.1. The van der Waals surface area contributed by atoms with E-state index in [-0.39, 0.29) is 0 Å². The lowest BCUT2D eigenvalue weighted by atomic mass is 10.0. The van der Waals surface area contributed by atoms with Gasteiger partial charge in [0.15, 0.2) is 17.5 Å². The fourth-order valence-electron chi connectivity index (χ4n) is 9.13. The van der Waals surface area contributed by atoms with E-state index in [9.17, 15) is 0 Å². The van der Waals surface area contributed by atoms with Gasteiger partial charge in [-0.05, 0) is 82.6 Å². The quantitative estimate of drug-likeness (QED) is 0.174. The van der Waals surface area contributed by atoms with Gasteiger partial charge in [0.05, 0.1) is 16.7 Å². The number of hydrogen-bond donors (Lipinski definition) is 0. The van der Waals surface area contributed by atoms with Crippen LogP contribution in [0.4, 0.5) is 0 Å². The Morgan fingerprint density at radius 3 is 1.89 bits per heavy atom. The summed E-state index contributed by atoms with van der Waals surface area (Å²) >= 11 is 1.81. The number of rotatable bonds is 5. The van der Waals surface area contributed by atoms with E-state index >= 15 is 0 Å². The Morgan fingerprint density at radius 1 is 0.361 bits per heavy atom. The van der Waals surface area contributed by atoms with Crippen LogP contribution in [-0.2, 0) is 0 Å². The zero-order chi connectivity index (χ0) is 40.0. The van der Waals surface area contributed by atoms with Crippen LogP contribution < -0.4 is 0 Å². The molecule has 0 saturated carbocycles. The molecular formula is C55H32N4OS. The van der Waals surface area contributed by atoms with Crippen LogP contribution in [0.1, 0.15) is 0 Å². The maximum Gasteiger partial charge on any atom is 0.166 e. The van der Waals surface area contributed by atoms with Gasteiger partial charge in [0, 0.05) is 64.5 Å². The smallest absolute Gasteiger partial charge is 0.166 e. The van der Waals surface area contributed by atoms with E-state index in [4.69, 9.17) is 19.4 Å². The van der Waals surface area contributed by atoms with E-state index in [1.807, 2.05) is 18.2 Å². The van der Waals surface area contributed by atoms with Crippen LogP contribution in [0.25, 0.3) is 126 Å². The van der Waals surface area contributed by atoms with Crippen LogP contribution in [0.3, 0.4) is 0 Å². The molecule has 61 heavy (non-hydrogen) atoms. The third-order valence-corrected chi connectivity index (χ3v) is 13.2. The lowest BCUT2D eigenvalue weighted by Gasteiger charge is -2.15. The molecule has 4 heterocycles. The summed E-state index contributed by atoms with van der Waals surface area (Å²) in [6.45, 7) is 0. The lowest BCUT2D eigenvalue weighted by molar-refractivity contribution is 0.668. The van der Waals surface area contributed by atoms with Crippen molar-refractivity contribution in [2.24, 2.45) is 0 Å². The molecule has 0 N–H and O–H groups in total. The van der Waals surface area contributed by atoms with Crippen LogP contribution in [0.15, 0.2) is 199 Å². The number of para-hydroxylation sites is 2. The topological polar surface area (TPSA) is 56.7 Å². The molecule has 4 aromatic heterocycles. The Balaban J connectivity index is 1.13. The Labute approximate surface area is 353 Å². The molecule has 0 amide bonds. The van der Waals surface area contributed by atoms with E-state index in [1.54, 1.807) is 11.3 Å². The molecule has 0 unspecified atom stereocenters. The Morgan fingerprint density at radius 2 is 1.02 bits per heavy atom. The predicted molar refractivity (Wildman–Crippen MR) is 254 cm³/mol. The highest BCUT2D eigenvalue weighted by molar-refractivity contribution is 7.25. The number of fused-ring (bicyclic) bond motifs is 10. The first-order valence-electron chi connectivity index (χ1n) is 20.4. The minimum absolute atomic E-state index is 0.578. The van der Waals surface area contributed by atoms with Gasteiger partial charge in [0.2, 0.25) is 0 Å². The maximum atomic E-state index is 6.62. The Kier molecular flexibility index (Phi) is 7.41. The maximum absolute atomic E-state index is 6.62. The second kappa shape index (κ2) is 13.3. The SMILES string of the molecule is c1ccc(-c2cccc(-c3nc(-c4ccc5sc6ccccc6c5c4)nc(-c4cc5c(cc4-n4c6ccccc6c6cc7ccccc7cc64)oc4ccccc45)n3)c2)cc1. The summed E-state index contributed by atoms with van der Waals surface area (Å²) in [7, 11) is 0. The summed E-state index contributed by atoms with van der Waals surface area (Å²) in [5.74, 6) is 1.79. The van der Waals surface area contributed by atoms with Crippen molar-refractivity contribution < 1.29 is 4.42 Å². The molecule has 0 aliphatic carbocycles. The molecule has 6 heteroatoms. The number of aromatic nitrogens is 4. The number of nitrogens with zero attached hydrogens (tertiary/aromatic N) is 4. The average molecular weight is 797 g/mol. The summed E-state index contributed by atoms with van der Waals surface area (Å²) in [6.07, 6.45) is 0. The molecule has 5 nitrogen and oxygen atoms in total. The molecular weight excluding hydrogens is 765 g/mol. The van der Waals surface area contributed by atoms with E-state index in [2.05, 4.69) is 180 Å². The van der Waals surface area contributed by atoms with E-state index in [0.717, 1.165) is 66.5 Å². The second-order valence-corrected chi connectivity index (χ2v) is 16.7. The van der Waals surface area contributed by atoms with Crippen LogP contribution in [-0.4, -0.2) is 19.5 Å². The number of hydrogen-bond acceptors (Lipinski definition) is 5. The zero-order valence-electron chi connectivity index (χ0n) is 32.6. The molecule has 0 atom stereocenters. The first kappa shape index (κ1) is 34.0. The van der Waals surface area contributed by atoms with E-state index in [0.29, 0.717) is 17.5 Å². The first-order chi connectivity index (χ1) is 30.2. The van der Waals surface area contributed by atoms with Gasteiger partial charge in [-0.2, -0.15) is 0 Å². The zero-order valence-corrected chi connectivity index (χ0v) is 33.4. The largest absolute Gasteiger partial charge is 0.456 e. The third-order valence-electron chi connectivity index (χ3n) is 12.0. The van der Waals surface area contributed by atoms with Crippen molar-refractivity contribution in [2.75, 3.05) is 0 Å². The highest BCUT2D eigenvalue weighted by Crippen LogP contribution is 2.42. The summed E-state index contributed by atoms with van der Waals surface area (Å²) in [6, 6.07) is 68.6. The summed E-state index contributed by atoms with van der Waals surface area (Å²) in [4.78, 5) is 16.2. The molecule has 0 aliphatic heterocycles. The van der Waals surface area contributed by atoms with Crippen molar-refractivity contribution in [3.05, 3.63) is 194 Å². The molecule has 0 radical (unpaired) electrons. The fraction of sp³-hybridized carbons (Fsp3) is 0. The normalized spacial score (nSPS) is 11.9. The summed E-state index contributed by atoms with van der Waals surface area (Å²) in [5.41, 5.74) is 9.68. The van der Waals surface area contributed by atoms with Gasteiger partial charge in [-0.25, -0.2) is 15.0 Å². The average Bonchev–Trinajstić information content (AvgIpc) is 3.99. The molecule has 13 aromatic rings. The third kappa shape index (κ3) is 5.43. The van der Waals surface area contributed by atoms with Gasteiger partial charge in [0.25, 0.3) is 0 Å². The van der Waals surface area contributed by atoms with Crippen molar-refractivity contribution in [1.82, 2.24) is 19.5 Å². The van der Waals surface area contributed by atoms with Gasteiger partial charge < -0.3 is 8.98 Å². The van der Waals surface area contributed by atoms with Crippen LogP contribution >= 0.6 is 11.3 Å². The molecule has 0 spiro atoms. The standard InChI is InChI=1S/C55H32N4OS/c1-2-13-33(14-3-1)34-17-12-18-37(27-34)53-56-54(38-25-26-52-44(29-38)41-21-8-11-24-51(41)61-52)58-55(57-53)45-31-43-40-20-7-10-23-49(40)60-50(43)32-48(45)59-46-22-9-6-19-39(46)42-28-35-15-4-5-16-36(35)30-47(42)59/h1-32H. The van der Waals surface area contributed by atoms with Crippen molar-refractivity contribution in [2.45, 2.75) is 0 Å². The van der Waals surface area contributed by atoms with Gasteiger partial charge in [-0.15, -0.1) is 11.3 Å². The van der Waals surface area contributed by atoms with E-state index in [1.165, 1.54) is 41.7 Å². The van der Waals surface area contributed by atoms with Crippen LogP contribution in [0.2, 0.25) is 0 Å². The molecule has 0 aliphatic rings. The fourth-order valence-corrected chi connectivity index (χ4v) is 10.2. The molecule has 284 valence electrons. The van der Waals surface area contributed by atoms with Gasteiger partial charge >= 0.3 is 0 Å². The van der Waals surface area contributed by atoms with Crippen molar-refractivity contribution >= 4 is 86.0 Å². The van der Waals surface area contributed by atoms with Crippen LogP contribution in [0.5, 0.6) is 0 Å². The minimum atomic E-state index is 0.578. The number of benzene rings is 9. The molecule has 13 rings (SSSR count).